The lowest BCUT2D eigenvalue weighted by molar-refractivity contribution is 0.412. The van der Waals surface area contributed by atoms with Crippen molar-refractivity contribution in [1.29, 1.82) is 0 Å². The van der Waals surface area contributed by atoms with Crippen LogP contribution in [0.15, 0.2) is 30.6 Å². The summed E-state index contributed by atoms with van der Waals surface area (Å²) in [4.78, 5) is 14.0. The van der Waals surface area contributed by atoms with Crippen molar-refractivity contribution in [2.24, 2.45) is 0 Å². The smallest absolute Gasteiger partial charge is 0.142 e. The molecule has 0 saturated carbocycles. The second-order valence-corrected chi connectivity index (χ2v) is 6.64. The first-order chi connectivity index (χ1) is 11.8. The first-order valence-electron chi connectivity index (χ1n) is 8.75. The Morgan fingerprint density at radius 1 is 1.12 bits per heavy atom. The zero-order valence-electron chi connectivity index (χ0n) is 14.4. The molecule has 2 aromatic rings. The van der Waals surface area contributed by atoms with Gasteiger partial charge in [0.1, 0.15) is 17.9 Å². The molecule has 0 N–H and O–H groups in total. The summed E-state index contributed by atoms with van der Waals surface area (Å²) in [5, 5.41) is 0. The summed E-state index contributed by atoms with van der Waals surface area (Å²) in [6.07, 6.45) is 5.15. The van der Waals surface area contributed by atoms with Crippen molar-refractivity contribution in [3.05, 3.63) is 41.9 Å². The van der Waals surface area contributed by atoms with Crippen molar-refractivity contribution < 1.29 is 4.74 Å². The largest absolute Gasteiger partial charge is 0.495 e. The number of anilines is 2. The number of nitrogens with zero attached hydrogens (tertiary/aromatic N) is 4. The molecule has 1 aliphatic heterocycles. The normalized spacial score (nSPS) is 20.2. The van der Waals surface area contributed by atoms with Gasteiger partial charge in [-0.15, -0.1) is 0 Å². The highest BCUT2D eigenvalue weighted by atomic mass is 16.5. The maximum absolute atomic E-state index is 5.53. The number of ether oxygens (including phenoxy) is 1. The zero-order chi connectivity index (χ0) is 16.5. The van der Waals surface area contributed by atoms with Crippen molar-refractivity contribution >= 4 is 11.5 Å². The van der Waals surface area contributed by atoms with Gasteiger partial charge in [0, 0.05) is 36.9 Å². The predicted octanol–water partition coefficient (Wildman–Crippen LogP) is 2.69. The topological polar surface area (TPSA) is 41.5 Å². The van der Waals surface area contributed by atoms with E-state index in [1.807, 2.05) is 12.1 Å². The molecule has 1 aromatic heterocycles. The highest BCUT2D eigenvalue weighted by Gasteiger charge is 2.29. The van der Waals surface area contributed by atoms with Crippen LogP contribution >= 0.6 is 0 Å². The molecule has 2 heterocycles. The van der Waals surface area contributed by atoms with Gasteiger partial charge < -0.3 is 14.5 Å². The van der Waals surface area contributed by atoms with E-state index in [0.717, 1.165) is 44.0 Å². The Labute approximate surface area is 143 Å². The average Bonchev–Trinajstić information content (AvgIpc) is 3.10. The summed E-state index contributed by atoms with van der Waals surface area (Å²) in [5.41, 5.74) is 3.80. The van der Waals surface area contributed by atoms with Gasteiger partial charge in [0.2, 0.25) is 0 Å². The van der Waals surface area contributed by atoms with Gasteiger partial charge in [-0.2, -0.15) is 0 Å². The highest BCUT2D eigenvalue weighted by molar-refractivity contribution is 5.60. The van der Waals surface area contributed by atoms with E-state index >= 15 is 0 Å². The monoisotopic (exact) mass is 324 g/mol. The van der Waals surface area contributed by atoms with E-state index in [1.165, 1.54) is 23.4 Å². The van der Waals surface area contributed by atoms with E-state index in [2.05, 4.69) is 38.8 Å². The number of fused-ring (bicyclic) bond motifs is 1. The second kappa shape index (κ2) is 6.30. The molecule has 126 valence electrons. The fraction of sp³-hybridized carbons (Fsp3) is 0.474. The zero-order valence-corrected chi connectivity index (χ0v) is 14.4. The number of hydrogen-bond donors (Lipinski definition) is 0. The molecule has 0 amide bonds. The Balaban J connectivity index is 1.56. The van der Waals surface area contributed by atoms with Crippen molar-refractivity contribution in [2.45, 2.75) is 32.2 Å². The maximum atomic E-state index is 5.53. The third-order valence-electron chi connectivity index (χ3n) is 5.18. The Kier molecular flexibility index (Phi) is 4.00. The third-order valence-corrected chi connectivity index (χ3v) is 5.18. The first kappa shape index (κ1) is 15.2. The number of benzene rings is 1. The quantitative estimate of drug-likeness (QED) is 0.868. The van der Waals surface area contributed by atoms with Crippen molar-refractivity contribution in [2.75, 3.05) is 36.5 Å². The van der Waals surface area contributed by atoms with Crippen LogP contribution in [0.2, 0.25) is 0 Å². The third kappa shape index (κ3) is 2.58. The Morgan fingerprint density at radius 3 is 2.83 bits per heavy atom. The minimum absolute atomic E-state index is 0.406. The number of methoxy groups -OCH3 is 1. The van der Waals surface area contributed by atoms with Crippen molar-refractivity contribution in [1.82, 2.24) is 9.97 Å². The molecule has 1 atom stereocenters. The molecule has 4 rings (SSSR count). The van der Waals surface area contributed by atoms with E-state index < -0.39 is 0 Å². The molecule has 5 heteroatoms. The number of rotatable bonds is 3. The van der Waals surface area contributed by atoms with E-state index in [9.17, 15) is 0 Å². The molecule has 1 aromatic carbocycles. The van der Waals surface area contributed by atoms with Crippen LogP contribution in [0, 0.1) is 0 Å². The van der Waals surface area contributed by atoms with Crippen LogP contribution < -0.4 is 14.5 Å². The summed E-state index contributed by atoms with van der Waals surface area (Å²) < 4.78 is 5.53. The fourth-order valence-corrected chi connectivity index (χ4v) is 3.97. The lowest BCUT2D eigenvalue weighted by Crippen LogP contribution is -2.52. The highest BCUT2D eigenvalue weighted by Crippen LogP contribution is 2.33. The number of piperazine rings is 1. The van der Waals surface area contributed by atoms with Crippen LogP contribution in [0.25, 0.3) is 0 Å². The first-order valence-corrected chi connectivity index (χ1v) is 8.75. The molecule has 0 bridgehead atoms. The van der Waals surface area contributed by atoms with Crippen LogP contribution in [0.3, 0.4) is 0 Å². The van der Waals surface area contributed by atoms with Crippen LogP contribution in [0.4, 0.5) is 11.5 Å². The number of aromatic nitrogens is 2. The van der Waals surface area contributed by atoms with Gasteiger partial charge in [0.25, 0.3) is 0 Å². The fourth-order valence-electron chi connectivity index (χ4n) is 3.97. The molecular weight excluding hydrogens is 300 g/mol. The molecule has 24 heavy (non-hydrogen) atoms. The summed E-state index contributed by atoms with van der Waals surface area (Å²) in [6, 6.07) is 8.68. The molecule has 1 fully saturated rings. The lowest BCUT2D eigenvalue weighted by Gasteiger charge is -2.42. The molecule has 2 aliphatic rings. The van der Waals surface area contributed by atoms with Crippen molar-refractivity contribution in [3.8, 4) is 5.75 Å². The van der Waals surface area contributed by atoms with Crippen LogP contribution in [0.1, 0.15) is 24.6 Å². The predicted molar refractivity (Wildman–Crippen MR) is 96.1 cm³/mol. The van der Waals surface area contributed by atoms with Crippen LogP contribution in [-0.4, -0.2) is 42.8 Å². The minimum atomic E-state index is 0.406. The van der Waals surface area contributed by atoms with Crippen LogP contribution in [0.5, 0.6) is 5.75 Å². The van der Waals surface area contributed by atoms with E-state index in [4.69, 9.17) is 4.74 Å². The number of para-hydroxylation sites is 2. The molecule has 0 unspecified atom stereocenters. The van der Waals surface area contributed by atoms with Gasteiger partial charge in [0.05, 0.1) is 12.8 Å². The molecule has 0 spiro atoms. The molecule has 5 nitrogen and oxygen atoms in total. The van der Waals surface area contributed by atoms with Gasteiger partial charge >= 0.3 is 0 Å². The minimum Gasteiger partial charge on any atom is -0.495 e. The SMILES string of the molecule is COc1ccccc1N1CCN(c2ncnc3c2CCC3)[C@@H](C)C1. The summed E-state index contributed by atoms with van der Waals surface area (Å²) in [7, 11) is 1.74. The summed E-state index contributed by atoms with van der Waals surface area (Å²) in [5.74, 6) is 2.10. The number of hydrogen-bond acceptors (Lipinski definition) is 5. The van der Waals surface area contributed by atoms with Gasteiger partial charge in [-0.25, -0.2) is 9.97 Å². The van der Waals surface area contributed by atoms with Gasteiger partial charge in [-0.1, -0.05) is 12.1 Å². The number of aryl methyl sites for hydroxylation is 1. The molecule has 0 radical (unpaired) electrons. The summed E-state index contributed by atoms with van der Waals surface area (Å²) >= 11 is 0. The van der Waals surface area contributed by atoms with Gasteiger partial charge in [-0.05, 0) is 38.3 Å². The van der Waals surface area contributed by atoms with E-state index in [0.29, 0.717) is 6.04 Å². The van der Waals surface area contributed by atoms with E-state index in [1.54, 1.807) is 13.4 Å². The second-order valence-electron chi connectivity index (χ2n) is 6.64. The van der Waals surface area contributed by atoms with Gasteiger partial charge in [0.15, 0.2) is 0 Å². The maximum Gasteiger partial charge on any atom is 0.142 e. The van der Waals surface area contributed by atoms with Crippen molar-refractivity contribution in [3.63, 3.8) is 0 Å². The van der Waals surface area contributed by atoms with E-state index in [-0.39, 0.29) is 0 Å². The lowest BCUT2D eigenvalue weighted by atomic mass is 10.1. The Morgan fingerprint density at radius 2 is 2.00 bits per heavy atom. The molecule has 1 saturated heterocycles. The van der Waals surface area contributed by atoms with Gasteiger partial charge in [-0.3, -0.25) is 0 Å². The Hall–Kier alpha value is -2.30. The molecular formula is C19H24N4O. The standard InChI is InChI=1S/C19H24N4O/c1-14-12-22(17-8-3-4-9-18(17)24-2)10-11-23(14)19-15-6-5-7-16(15)20-13-21-19/h3-4,8-9,13-14H,5-7,10-12H2,1-2H3/t14-/m0/s1. The Bertz CT molecular complexity index is 733. The molecule has 1 aliphatic carbocycles. The average molecular weight is 324 g/mol. The van der Waals surface area contributed by atoms with Crippen LogP contribution in [-0.2, 0) is 12.8 Å². The summed E-state index contributed by atoms with van der Waals surface area (Å²) in [6.45, 7) is 5.20.